The first-order chi connectivity index (χ1) is 10.4. The number of non-ortho nitro benzene ring substituents is 1. The normalized spacial score (nSPS) is 22.0. The molecule has 0 radical (unpaired) electrons. The van der Waals surface area contributed by atoms with E-state index in [4.69, 9.17) is 16.5 Å². The van der Waals surface area contributed by atoms with E-state index in [0.717, 1.165) is 18.2 Å². The maximum Gasteiger partial charge on any atom is 0.310 e. The molecule has 22 heavy (non-hydrogen) atoms. The number of methoxy groups -OCH3 is 1. The number of esters is 1. The van der Waals surface area contributed by atoms with Crippen LogP contribution in [-0.2, 0) is 20.2 Å². The Labute approximate surface area is 132 Å². The number of rotatable bonds is 4. The highest BCUT2D eigenvalue weighted by atomic mass is 35.5. The van der Waals surface area contributed by atoms with Gasteiger partial charge >= 0.3 is 5.97 Å². The zero-order valence-electron chi connectivity index (χ0n) is 11.5. The van der Waals surface area contributed by atoms with Crippen LogP contribution >= 0.6 is 11.8 Å². The van der Waals surface area contributed by atoms with Gasteiger partial charge in [-0.2, -0.15) is 0 Å². The molecule has 0 aliphatic carbocycles. The number of hydrogen-bond donors (Lipinski definition) is 1. The lowest BCUT2D eigenvalue weighted by Gasteiger charge is -2.23. The molecule has 1 heterocycles. The molecule has 0 saturated carbocycles. The molecule has 0 amide bonds. The van der Waals surface area contributed by atoms with Crippen LogP contribution < -0.4 is 0 Å². The number of halogens is 1. The second-order valence-corrected chi connectivity index (χ2v) is 6.17. The zero-order chi connectivity index (χ0) is 16.4. The Morgan fingerprint density at radius 1 is 1.50 bits per heavy atom. The number of carbonyl (C=O) groups is 1. The van der Waals surface area contributed by atoms with E-state index in [-0.39, 0.29) is 16.1 Å². The summed E-state index contributed by atoms with van der Waals surface area (Å²) in [6.45, 7) is 0.337. The van der Waals surface area contributed by atoms with Gasteiger partial charge in [-0.1, -0.05) is 0 Å². The predicted octanol–water partition coefficient (Wildman–Crippen LogP) is 1.25. The highest BCUT2D eigenvalue weighted by molar-refractivity contribution is 7.72. The van der Waals surface area contributed by atoms with Gasteiger partial charge in [0.1, 0.15) is 0 Å². The van der Waals surface area contributed by atoms with Gasteiger partial charge in [-0.05, 0) is 29.8 Å². The molecule has 1 aliphatic rings. The van der Waals surface area contributed by atoms with Crippen LogP contribution in [0.1, 0.15) is 18.0 Å². The lowest BCUT2D eigenvalue weighted by Crippen LogP contribution is -2.24. The average Bonchev–Trinajstić information content (AvgIpc) is 2.87. The number of nitro groups is 1. The molecule has 8 nitrogen and oxygen atoms in total. The third-order valence-corrected chi connectivity index (χ3v) is 4.76. The summed E-state index contributed by atoms with van der Waals surface area (Å²) in [5.41, 5.74) is -0.135. The number of ether oxygens (including phenoxy) is 1. The fraction of sp³-hybridized carbons (Fsp3) is 0.417. The number of benzene rings is 1. The summed E-state index contributed by atoms with van der Waals surface area (Å²) in [5, 5.41) is 10.9. The molecule has 1 aromatic carbocycles. The van der Waals surface area contributed by atoms with Crippen LogP contribution in [-0.4, -0.2) is 37.4 Å². The second kappa shape index (κ2) is 6.59. The van der Waals surface area contributed by atoms with Gasteiger partial charge in [0.25, 0.3) is 5.69 Å². The molecule has 2 unspecified atom stereocenters. The minimum Gasteiger partial charge on any atom is -0.469 e. The zero-order valence-corrected chi connectivity index (χ0v) is 13.1. The highest BCUT2D eigenvalue weighted by Crippen LogP contribution is 2.42. The number of thiol groups is 1. The molecule has 2 rings (SSSR count). The summed E-state index contributed by atoms with van der Waals surface area (Å²) in [6.07, 6.45) is 0.374. The van der Waals surface area contributed by atoms with Gasteiger partial charge in [0.05, 0.1) is 28.9 Å². The van der Waals surface area contributed by atoms with E-state index in [1.54, 1.807) is 0 Å². The fourth-order valence-corrected chi connectivity index (χ4v) is 3.52. The van der Waals surface area contributed by atoms with E-state index < -0.39 is 33.6 Å². The van der Waals surface area contributed by atoms with Crippen molar-refractivity contribution >= 4 is 34.1 Å². The highest BCUT2D eigenvalue weighted by Gasteiger charge is 2.41. The van der Waals surface area contributed by atoms with E-state index in [2.05, 4.69) is 0 Å². The van der Waals surface area contributed by atoms with Gasteiger partial charge in [0.2, 0.25) is 0 Å². The van der Waals surface area contributed by atoms with E-state index in [1.165, 1.54) is 11.5 Å². The quantitative estimate of drug-likeness (QED) is 0.287. The first-order valence-corrected chi connectivity index (χ1v) is 7.81. The van der Waals surface area contributed by atoms with Gasteiger partial charge in [-0.3, -0.25) is 14.9 Å². The summed E-state index contributed by atoms with van der Waals surface area (Å²) in [4.78, 5) is 22.0. The number of carbonyl (C=O) groups excluding carboxylic acids is 1. The molecule has 1 aliphatic heterocycles. The average molecular weight is 349 g/mol. The second-order valence-electron chi connectivity index (χ2n) is 4.74. The lowest BCUT2D eigenvalue weighted by atomic mass is 9.94. The number of nitrogens with zero attached hydrogens (tertiary/aromatic N) is 2. The molecule has 0 aromatic heterocycles. The molecule has 1 saturated heterocycles. The predicted molar refractivity (Wildman–Crippen MR) is 77.1 cm³/mol. The van der Waals surface area contributed by atoms with Crippen molar-refractivity contribution < 1.29 is 22.9 Å². The molecule has 0 N–H and O–H groups in total. The summed E-state index contributed by atoms with van der Waals surface area (Å²) in [5.74, 6) is -1.22. The molecule has 0 bridgehead atoms. The van der Waals surface area contributed by atoms with Gasteiger partial charge in [-0.25, -0.2) is 12.8 Å². The largest absolute Gasteiger partial charge is 0.469 e. The van der Waals surface area contributed by atoms with Crippen LogP contribution in [0.25, 0.3) is 0 Å². The molecule has 1 fully saturated rings. The van der Waals surface area contributed by atoms with Crippen molar-refractivity contribution in [3.05, 3.63) is 33.9 Å². The van der Waals surface area contributed by atoms with Crippen LogP contribution in [0.15, 0.2) is 23.1 Å². The fourth-order valence-electron chi connectivity index (χ4n) is 2.58. The summed E-state index contributed by atoms with van der Waals surface area (Å²) in [7, 11) is -1.76. The first kappa shape index (κ1) is 16.7. The Hall–Kier alpha value is -1.71. The van der Waals surface area contributed by atoms with Crippen LogP contribution in [0.4, 0.5) is 5.69 Å². The number of hydrogen-bond acceptors (Lipinski definition) is 7. The SMILES string of the molecule is COC(=O)C1CCN(Cl)C1c1cc([N+](=O)[O-])ccc1[SH](=O)=O. The molecular formula is C12H13ClN2O6S. The van der Waals surface area contributed by atoms with Crippen LogP contribution in [0.3, 0.4) is 0 Å². The maximum absolute atomic E-state index is 11.9. The topological polar surface area (TPSA) is 107 Å². The molecular weight excluding hydrogens is 336 g/mol. The van der Waals surface area contributed by atoms with Crippen molar-refractivity contribution in [3.8, 4) is 0 Å². The molecule has 0 spiro atoms. The van der Waals surface area contributed by atoms with E-state index in [1.807, 2.05) is 0 Å². The molecule has 1 aromatic rings. The van der Waals surface area contributed by atoms with Crippen LogP contribution in [0, 0.1) is 16.0 Å². The van der Waals surface area contributed by atoms with Crippen molar-refractivity contribution in [2.45, 2.75) is 17.4 Å². The van der Waals surface area contributed by atoms with Gasteiger partial charge in [-0.15, -0.1) is 0 Å². The van der Waals surface area contributed by atoms with Crippen molar-refractivity contribution in [3.63, 3.8) is 0 Å². The monoisotopic (exact) mass is 348 g/mol. The van der Waals surface area contributed by atoms with E-state index in [9.17, 15) is 23.3 Å². The number of nitro benzene ring substituents is 1. The van der Waals surface area contributed by atoms with E-state index >= 15 is 0 Å². The van der Waals surface area contributed by atoms with Crippen LogP contribution in [0.5, 0.6) is 0 Å². The molecule has 120 valence electrons. The van der Waals surface area contributed by atoms with Crippen LogP contribution in [0.2, 0.25) is 0 Å². The third kappa shape index (κ3) is 3.06. The molecule has 2 atom stereocenters. The van der Waals surface area contributed by atoms with Crippen molar-refractivity contribution in [1.82, 2.24) is 4.42 Å². The van der Waals surface area contributed by atoms with Gasteiger partial charge < -0.3 is 4.74 Å². The smallest absolute Gasteiger partial charge is 0.310 e. The third-order valence-electron chi connectivity index (χ3n) is 3.58. The van der Waals surface area contributed by atoms with Crippen molar-refractivity contribution in [2.24, 2.45) is 5.92 Å². The lowest BCUT2D eigenvalue weighted by molar-refractivity contribution is -0.385. The summed E-state index contributed by atoms with van der Waals surface area (Å²) >= 11 is 6.08. The van der Waals surface area contributed by atoms with Crippen molar-refractivity contribution in [1.29, 1.82) is 0 Å². The van der Waals surface area contributed by atoms with E-state index in [0.29, 0.717) is 13.0 Å². The maximum atomic E-state index is 11.9. The van der Waals surface area contributed by atoms with Crippen molar-refractivity contribution in [2.75, 3.05) is 13.7 Å². The molecule has 10 heteroatoms. The minimum atomic E-state index is -2.99. The standard InChI is InChI=1S/C12H13ClN2O6S/c1-21-12(16)8-4-5-14(13)11(8)9-6-7(15(17)18)2-3-10(9)22(19)20/h2-3,6,8,11,22H,4-5H2,1H3. The Morgan fingerprint density at radius 2 is 2.18 bits per heavy atom. The Balaban J connectivity index is 2.58. The first-order valence-electron chi connectivity index (χ1n) is 6.29. The Kier molecular flexibility index (Phi) is 4.99. The minimum absolute atomic E-state index is 0.0907. The van der Waals surface area contributed by atoms with Gasteiger partial charge in [0.15, 0.2) is 10.7 Å². The summed E-state index contributed by atoms with van der Waals surface area (Å²) < 4.78 is 28.8. The Bertz CT molecular complexity index is 684. The van der Waals surface area contributed by atoms with Gasteiger partial charge in [0, 0.05) is 18.7 Å². The Morgan fingerprint density at radius 3 is 2.73 bits per heavy atom. The summed E-state index contributed by atoms with van der Waals surface area (Å²) in [6, 6.07) is 2.60.